The van der Waals surface area contributed by atoms with E-state index in [2.05, 4.69) is 25.9 Å². The van der Waals surface area contributed by atoms with Crippen LogP contribution in [0.3, 0.4) is 0 Å². The number of aromatic nitrogens is 2. The molecule has 0 N–H and O–H groups in total. The Morgan fingerprint density at radius 1 is 1.00 bits per heavy atom. The summed E-state index contributed by atoms with van der Waals surface area (Å²) in [5.74, 6) is 0. The molecule has 2 rings (SSSR count). The van der Waals surface area contributed by atoms with E-state index < -0.39 is 11.7 Å². The first-order chi connectivity index (χ1) is 9.67. The van der Waals surface area contributed by atoms with Crippen LogP contribution in [0, 0.1) is 5.41 Å². The minimum atomic E-state index is -4.30. The Labute approximate surface area is 122 Å². The van der Waals surface area contributed by atoms with Crippen molar-refractivity contribution in [3.05, 3.63) is 42.1 Å². The number of benzene rings is 1. The van der Waals surface area contributed by atoms with Crippen LogP contribution in [-0.4, -0.2) is 9.78 Å². The highest BCUT2D eigenvalue weighted by atomic mass is 19.4. The molecule has 1 aromatic heterocycles. The quantitative estimate of drug-likeness (QED) is 0.779. The fourth-order valence-electron chi connectivity index (χ4n) is 2.03. The van der Waals surface area contributed by atoms with Gasteiger partial charge >= 0.3 is 6.18 Å². The van der Waals surface area contributed by atoms with E-state index in [4.69, 9.17) is 0 Å². The SMILES string of the molecule is CC(C)(C)CCn1nccc1-c1ccc(C(F)(F)F)cc1. The number of hydrogen-bond acceptors (Lipinski definition) is 1. The van der Waals surface area contributed by atoms with Gasteiger partial charge in [-0.15, -0.1) is 0 Å². The van der Waals surface area contributed by atoms with Crippen molar-refractivity contribution in [2.45, 2.75) is 39.9 Å². The summed E-state index contributed by atoms with van der Waals surface area (Å²) < 4.78 is 39.6. The van der Waals surface area contributed by atoms with Gasteiger partial charge in [0.2, 0.25) is 0 Å². The highest BCUT2D eigenvalue weighted by Gasteiger charge is 2.30. The summed E-state index contributed by atoms with van der Waals surface area (Å²) in [7, 11) is 0. The number of rotatable bonds is 3. The minimum absolute atomic E-state index is 0.184. The van der Waals surface area contributed by atoms with Gasteiger partial charge in [-0.05, 0) is 35.6 Å². The Morgan fingerprint density at radius 2 is 1.62 bits per heavy atom. The van der Waals surface area contributed by atoms with Crippen molar-refractivity contribution >= 4 is 0 Å². The summed E-state index contributed by atoms with van der Waals surface area (Å²) in [6, 6.07) is 7.03. The Hall–Kier alpha value is -1.78. The average Bonchev–Trinajstić information content (AvgIpc) is 2.83. The van der Waals surface area contributed by atoms with Crippen LogP contribution in [0.15, 0.2) is 36.5 Å². The first-order valence-electron chi connectivity index (χ1n) is 6.86. The van der Waals surface area contributed by atoms with Gasteiger partial charge in [-0.2, -0.15) is 18.3 Å². The molecular formula is C16H19F3N2. The van der Waals surface area contributed by atoms with Crippen LogP contribution >= 0.6 is 0 Å². The molecule has 2 aromatic rings. The normalized spacial score (nSPS) is 12.7. The Morgan fingerprint density at radius 3 is 2.14 bits per heavy atom. The van der Waals surface area contributed by atoms with Crippen molar-refractivity contribution in [1.29, 1.82) is 0 Å². The largest absolute Gasteiger partial charge is 0.416 e. The van der Waals surface area contributed by atoms with E-state index in [1.807, 2.05) is 10.7 Å². The summed E-state index contributed by atoms with van der Waals surface area (Å²) in [5, 5.41) is 4.26. The van der Waals surface area contributed by atoms with Gasteiger partial charge in [0.15, 0.2) is 0 Å². The molecule has 0 radical (unpaired) electrons. The van der Waals surface area contributed by atoms with Crippen LogP contribution in [-0.2, 0) is 12.7 Å². The van der Waals surface area contributed by atoms with Crippen molar-refractivity contribution < 1.29 is 13.2 Å². The van der Waals surface area contributed by atoms with Crippen LogP contribution in [0.1, 0.15) is 32.8 Å². The topological polar surface area (TPSA) is 17.8 Å². The lowest BCUT2D eigenvalue weighted by Gasteiger charge is -2.18. The van der Waals surface area contributed by atoms with Crippen molar-refractivity contribution in [1.82, 2.24) is 9.78 Å². The molecule has 0 saturated carbocycles. The van der Waals surface area contributed by atoms with Crippen LogP contribution in [0.5, 0.6) is 0 Å². The van der Waals surface area contributed by atoms with Crippen molar-refractivity contribution in [2.75, 3.05) is 0 Å². The van der Waals surface area contributed by atoms with Crippen LogP contribution < -0.4 is 0 Å². The van der Waals surface area contributed by atoms with Crippen LogP contribution in [0.4, 0.5) is 13.2 Å². The first kappa shape index (κ1) is 15.6. The lowest BCUT2D eigenvalue weighted by atomic mass is 9.92. The Bertz CT molecular complexity index is 589. The second kappa shape index (κ2) is 5.54. The second-order valence-electron chi connectivity index (χ2n) is 6.33. The van der Waals surface area contributed by atoms with Gasteiger partial charge in [0, 0.05) is 12.7 Å². The molecule has 0 unspecified atom stereocenters. The molecule has 0 spiro atoms. The molecule has 2 nitrogen and oxygen atoms in total. The highest BCUT2D eigenvalue weighted by molar-refractivity contribution is 5.59. The molecule has 0 bridgehead atoms. The fraction of sp³-hybridized carbons (Fsp3) is 0.438. The second-order valence-corrected chi connectivity index (χ2v) is 6.33. The van der Waals surface area contributed by atoms with Crippen LogP contribution in [0.2, 0.25) is 0 Å². The predicted molar refractivity (Wildman–Crippen MR) is 76.7 cm³/mol. The summed E-state index contributed by atoms with van der Waals surface area (Å²) >= 11 is 0. The molecule has 0 fully saturated rings. The molecule has 0 aliphatic rings. The zero-order valence-corrected chi connectivity index (χ0v) is 12.4. The number of alkyl halides is 3. The number of nitrogens with zero attached hydrogens (tertiary/aromatic N) is 2. The molecule has 0 aliphatic heterocycles. The number of hydrogen-bond donors (Lipinski definition) is 0. The lowest BCUT2D eigenvalue weighted by molar-refractivity contribution is -0.137. The Balaban J connectivity index is 2.21. The third-order valence-corrected chi connectivity index (χ3v) is 3.30. The maximum absolute atomic E-state index is 12.6. The van der Waals surface area contributed by atoms with Gasteiger partial charge in [0.25, 0.3) is 0 Å². The predicted octanol–water partition coefficient (Wildman–Crippen LogP) is 5.01. The molecule has 114 valence electrons. The number of halogens is 3. The summed E-state index contributed by atoms with van der Waals surface area (Å²) in [4.78, 5) is 0. The molecule has 1 aromatic carbocycles. The van der Waals surface area contributed by atoms with Gasteiger partial charge < -0.3 is 0 Å². The van der Waals surface area contributed by atoms with Gasteiger partial charge in [-0.3, -0.25) is 4.68 Å². The molecule has 0 amide bonds. The highest BCUT2D eigenvalue weighted by Crippen LogP contribution is 2.31. The van der Waals surface area contributed by atoms with E-state index in [-0.39, 0.29) is 5.41 Å². The fourth-order valence-corrected chi connectivity index (χ4v) is 2.03. The summed E-state index contributed by atoms with van der Waals surface area (Å²) in [5.41, 5.74) is 1.14. The van der Waals surface area contributed by atoms with Crippen molar-refractivity contribution in [3.63, 3.8) is 0 Å². The third-order valence-electron chi connectivity index (χ3n) is 3.30. The summed E-state index contributed by atoms with van der Waals surface area (Å²) in [6.45, 7) is 7.18. The smallest absolute Gasteiger partial charge is 0.265 e. The monoisotopic (exact) mass is 296 g/mol. The maximum atomic E-state index is 12.6. The van der Waals surface area contributed by atoms with E-state index in [1.54, 1.807) is 6.20 Å². The molecule has 5 heteroatoms. The van der Waals surface area contributed by atoms with Crippen molar-refractivity contribution in [2.24, 2.45) is 5.41 Å². The van der Waals surface area contributed by atoms with Gasteiger partial charge in [-0.25, -0.2) is 0 Å². The Kier molecular flexibility index (Phi) is 4.12. The minimum Gasteiger partial charge on any atom is -0.265 e. The molecular weight excluding hydrogens is 277 g/mol. The van der Waals surface area contributed by atoms with Gasteiger partial charge in [0.05, 0.1) is 11.3 Å². The maximum Gasteiger partial charge on any atom is 0.416 e. The zero-order valence-electron chi connectivity index (χ0n) is 12.4. The van der Waals surface area contributed by atoms with E-state index in [1.165, 1.54) is 12.1 Å². The molecule has 0 saturated heterocycles. The molecule has 0 aliphatic carbocycles. The standard InChI is InChI=1S/C16H19F3N2/c1-15(2,3)9-11-21-14(8-10-20-21)12-4-6-13(7-5-12)16(17,18)19/h4-8,10H,9,11H2,1-3H3. The van der Waals surface area contributed by atoms with E-state index >= 15 is 0 Å². The number of aryl methyl sites for hydroxylation is 1. The van der Waals surface area contributed by atoms with E-state index in [0.29, 0.717) is 0 Å². The van der Waals surface area contributed by atoms with Crippen molar-refractivity contribution in [3.8, 4) is 11.3 Å². The van der Waals surface area contributed by atoms with Gasteiger partial charge in [-0.1, -0.05) is 32.9 Å². The first-order valence-corrected chi connectivity index (χ1v) is 6.86. The molecule has 0 atom stereocenters. The van der Waals surface area contributed by atoms with E-state index in [9.17, 15) is 13.2 Å². The lowest BCUT2D eigenvalue weighted by Crippen LogP contribution is -2.12. The third kappa shape index (κ3) is 4.09. The summed E-state index contributed by atoms with van der Waals surface area (Å²) in [6.07, 6.45) is -1.68. The van der Waals surface area contributed by atoms with E-state index in [0.717, 1.165) is 36.4 Å². The zero-order chi connectivity index (χ0) is 15.7. The molecule has 1 heterocycles. The molecule has 21 heavy (non-hydrogen) atoms. The van der Waals surface area contributed by atoms with Gasteiger partial charge in [0.1, 0.15) is 0 Å². The van der Waals surface area contributed by atoms with Crippen LogP contribution in [0.25, 0.3) is 11.3 Å². The average molecular weight is 296 g/mol.